The number of aromatic amines is 2. The number of nitrogens with zero attached hydrogens (tertiary/aromatic N) is 2. The van der Waals surface area contributed by atoms with Gasteiger partial charge in [-0.15, -0.1) is 0 Å². The highest BCUT2D eigenvalue weighted by Gasteiger charge is 2.21. The molecule has 238 valence electrons. The largest absolute Gasteiger partial charge is 0.497 e. The lowest BCUT2D eigenvalue weighted by atomic mass is 10.0. The first-order chi connectivity index (χ1) is 23.6. The van der Waals surface area contributed by atoms with Gasteiger partial charge in [-0.25, -0.2) is 9.97 Å². The van der Waals surface area contributed by atoms with E-state index in [1.165, 1.54) is 0 Å². The second-order valence-electron chi connectivity index (χ2n) is 11.1. The van der Waals surface area contributed by atoms with Gasteiger partial charge >= 0.3 is 0 Å². The molecule has 0 radical (unpaired) electrons. The van der Waals surface area contributed by atoms with E-state index < -0.39 is 0 Å². The topological polar surface area (TPSA) is 94.3 Å². The van der Waals surface area contributed by atoms with Crippen LogP contribution in [-0.2, 0) is 0 Å². The van der Waals surface area contributed by atoms with E-state index in [9.17, 15) is 0 Å². The van der Waals surface area contributed by atoms with Crippen molar-refractivity contribution >= 4 is 0 Å². The maximum absolute atomic E-state index is 5.42. The molecule has 0 atom stereocenters. The van der Waals surface area contributed by atoms with Crippen LogP contribution in [0.2, 0.25) is 0 Å². The maximum atomic E-state index is 5.42. The average molecular weight is 635 g/mol. The highest BCUT2D eigenvalue weighted by atomic mass is 16.5. The second-order valence-corrected chi connectivity index (χ2v) is 11.1. The molecule has 0 aliphatic carbocycles. The molecule has 48 heavy (non-hydrogen) atoms. The zero-order valence-corrected chi connectivity index (χ0v) is 27.1. The SMILES string of the molecule is COc1ccc(-c2nc(-c3ccccc3-c3nc(-c4ccc(OC)cc4)c(-c4ccc(OC)cc4)[nH]3)[nH]c2-c2ccc(OC)cc2)cc1. The smallest absolute Gasteiger partial charge is 0.139 e. The predicted octanol–water partition coefficient (Wildman–Crippen LogP) is 9.17. The number of methoxy groups -OCH3 is 4. The minimum atomic E-state index is 0.718. The third-order valence-corrected chi connectivity index (χ3v) is 8.33. The number of imidazole rings is 2. The first kappa shape index (κ1) is 30.4. The quantitative estimate of drug-likeness (QED) is 0.156. The van der Waals surface area contributed by atoms with Crippen LogP contribution < -0.4 is 18.9 Å². The Hall–Kier alpha value is -6.28. The molecule has 2 heterocycles. The number of hydrogen-bond donors (Lipinski definition) is 2. The molecule has 2 aromatic heterocycles. The summed E-state index contributed by atoms with van der Waals surface area (Å²) in [5.41, 5.74) is 9.14. The molecule has 0 unspecified atom stereocenters. The van der Waals surface area contributed by atoms with Crippen LogP contribution in [0.4, 0.5) is 0 Å². The number of aromatic nitrogens is 4. The summed E-state index contributed by atoms with van der Waals surface area (Å²) >= 11 is 0. The van der Waals surface area contributed by atoms with Crippen molar-refractivity contribution in [2.45, 2.75) is 0 Å². The van der Waals surface area contributed by atoms with Gasteiger partial charge in [-0.2, -0.15) is 0 Å². The molecule has 0 saturated heterocycles. The molecule has 0 amide bonds. The molecule has 0 aliphatic rings. The van der Waals surface area contributed by atoms with Crippen molar-refractivity contribution in [3.8, 4) is 90.8 Å². The van der Waals surface area contributed by atoms with Gasteiger partial charge in [-0.3, -0.25) is 0 Å². The lowest BCUT2D eigenvalue weighted by Gasteiger charge is -2.06. The van der Waals surface area contributed by atoms with Gasteiger partial charge in [0.25, 0.3) is 0 Å². The molecule has 0 saturated carbocycles. The first-order valence-electron chi connectivity index (χ1n) is 15.5. The highest BCUT2D eigenvalue weighted by Crippen LogP contribution is 2.39. The van der Waals surface area contributed by atoms with Crippen LogP contribution in [0.15, 0.2) is 121 Å². The summed E-state index contributed by atoms with van der Waals surface area (Å²) in [5.74, 6) is 4.57. The van der Waals surface area contributed by atoms with E-state index in [2.05, 4.69) is 22.1 Å². The van der Waals surface area contributed by atoms with Crippen LogP contribution in [0.5, 0.6) is 23.0 Å². The van der Waals surface area contributed by atoms with Gasteiger partial charge in [-0.05, 0) is 97.1 Å². The van der Waals surface area contributed by atoms with E-state index in [1.807, 2.05) is 109 Å². The van der Waals surface area contributed by atoms with Crippen molar-refractivity contribution < 1.29 is 18.9 Å². The Balaban J connectivity index is 1.38. The summed E-state index contributed by atoms with van der Waals surface area (Å²) in [5, 5.41) is 0. The lowest BCUT2D eigenvalue weighted by molar-refractivity contribution is 0.414. The number of benzene rings is 5. The van der Waals surface area contributed by atoms with Gasteiger partial charge in [0.1, 0.15) is 34.6 Å². The highest BCUT2D eigenvalue weighted by molar-refractivity contribution is 5.87. The van der Waals surface area contributed by atoms with Gasteiger partial charge in [0, 0.05) is 33.4 Å². The first-order valence-corrected chi connectivity index (χ1v) is 15.5. The third kappa shape index (κ3) is 5.87. The van der Waals surface area contributed by atoms with Crippen LogP contribution in [0.1, 0.15) is 0 Å². The minimum absolute atomic E-state index is 0.718. The Morgan fingerprint density at radius 2 is 0.667 bits per heavy atom. The van der Waals surface area contributed by atoms with Crippen molar-refractivity contribution in [1.29, 1.82) is 0 Å². The number of nitrogens with one attached hydrogen (secondary N) is 2. The number of ether oxygens (including phenoxy) is 4. The van der Waals surface area contributed by atoms with Crippen LogP contribution in [-0.4, -0.2) is 48.4 Å². The Morgan fingerprint density at radius 3 is 0.958 bits per heavy atom. The standard InChI is InChI=1S/C40H34N4O4/c1-45-29-17-9-25(10-18-29)35-36(26-11-19-30(46-2)20-12-26)42-39(41-35)33-7-5-6-8-34(33)40-43-37(27-13-21-31(47-3)22-14-27)38(44-40)28-15-23-32(48-4)24-16-28/h5-24H,1-4H3,(H,41,42)(H,43,44). The molecule has 8 heteroatoms. The molecular formula is C40H34N4O4. The molecule has 5 aromatic carbocycles. The molecule has 7 rings (SSSR count). The fourth-order valence-corrected chi connectivity index (χ4v) is 5.75. The van der Waals surface area contributed by atoms with E-state index in [0.29, 0.717) is 0 Å². The van der Waals surface area contributed by atoms with Crippen molar-refractivity contribution in [3.63, 3.8) is 0 Å². The summed E-state index contributed by atoms with van der Waals surface area (Å²) in [6.07, 6.45) is 0. The van der Waals surface area contributed by atoms with Gasteiger partial charge in [0.2, 0.25) is 0 Å². The third-order valence-electron chi connectivity index (χ3n) is 8.33. The molecule has 7 aromatic rings. The molecule has 2 N–H and O–H groups in total. The van der Waals surface area contributed by atoms with Crippen LogP contribution in [0.25, 0.3) is 67.8 Å². The van der Waals surface area contributed by atoms with Crippen molar-refractivity contribution in [3.05, 3.63) is 121 Å². The molecule has 8 nitrogen and oxygen atoms in total. The van der Waals surface area contributed by atoms with Gasteiger partial charge in [0.05, 0.1) is 51.2 Å². The van der Waals surface area contributed by atoms with E-state index in [0.717, 1.165) is 90.8 Å². The van der Waals surface area contributed by atoms with E-state index in [4.69, 9.17) is 28.9 Å². The van der Waals surface area contributed by atoms with E-state index >= 15 is 0 Å². The fraction of sp³-hybridized carbons (Fsp3) is 0.100. The van der Waals surface area contributed by atoms with Gasteiger partial charge in [-0.1, -0.05) is 24.3 Å². The molecule has 0 aliphatic heterocycles. The summed E-state index contributed by atoms with van der Waals surface area (Å²) in [7, 11) is 6.65. The summed E-state index contributed by atoms with van der Waals surface area (Å²) in [6.45, 7) is 0. The van der Waals surface area contributed by atoms with E-state index in [-0.39, 0.29) is 0 Å². The Kier molecular flexibility index (Phi) is 8.36. The van der Waals surface area contributed by atoms with Crippen molar-refractivity contribution in [2.75, 3.05) is 28.4 Å². The summed E-state index contributed by atoms with van der Waals surface area (Å²) in [6, 6.07) is 39.9. The van der Waals surface area contributed by atoms with Gasteiger partial charge in [0.15, 0.2) is 0 Å². The molecule has 0 fully saturated rings. The predicted molar refractivity (Wildman–Crippen MR) is 190 cm³/mol. The zero-order valence-electron chi connectivity index (χ0n) is 27.1. The van der Waals surface area contributed by atoms with Crippen LogP contribution in [0, 0.1) is 0 Å². The van der Waals surface area contributed by atoms with Gasteiger partial charge < -0.3 is 28.9 Å². The van der Waals surface area contributed by atoms with Crippen molar-refractivity contribution in [1.82, 2.24) is 19.9 Å². The van der Waals surface area contributed by atoms with Crippen molar-refractivity contribution in [2.24, 2.45) is 0 Å². The normalized spacial score (nSPS) is 10.9. The number of rotatable bonds is 10. The minimum Gasteiger partial charge on any atom is -0.497 e. The fourth-order valence-electron chi connectivity index (χ4n) is 5.75. The lowest BCUT2D eigenvalue weighted by Crippen LogP contribution is -1.89. The summed E-state index contributed by atoms with van der Waals surface area (Å²) < 4.78 is 21.7. The Morgan fingerprint density at radius 1 is 0.375 bits per heavy atom. The zero-order chi connectivity index (χ0) is 33.0. The maximum Gasteiger partial charge on any atom is 0.139 e. The van der Waals surface area contributed by atoms with Crippen LogP contribution in [0.3, 0.4) is 0 Å². The van der Waals surface area contributed by atoms with Crippen LogP contribution >= 0.6 is 0 Å². The molecule has 0 bridgehead atoms. The molecule has 0 spiro atoms. The number of H-pyrrole nitrogens is 2. The summed E-state index contributed by atoms with van der Waals surface area (Å²) in [4.78, 5) is 17.7. The van der Waals surface area contributed by atoms with E-state index in [1.54, 1.807) is 28.4 Å². The number of hydrogen-bond acceptors (Lipinski definition) is 6. The Bertz CT molecular complexity index is 1860. The second kappa shape index (κ2) is 13.2. The molecular weight excluding hydrogens is 600 g/mol. The Labute approximate surface area is 279 Å². The monoisotopic (exact) mass is 634 g/mol. The average Bonchev–Trinajstić information content (AvgIpc) is 3.81.